The van der Waals surface area contributed by atoms with Gasteiger partial charge in [-0.25, -0.2) is 8.42 Å². The van der Waals surface area contributed by atoms with E-state index in [1.165, 1.54) is 24.1 Å². The van der Waals surface area contributed by atoms with Gasteiger partial charge in [0.1, 0.15) is 24.1 Å². The average molecular weight is 628 g/mol. The number of hydrogen-bond acceptors (Lipinski definition) is 6. The van der Waals surface area contributed by atoms with Crippen LogP contribution in [0.4, 0.5) is 5.69 Å². The van der Waals surface area contributed by atoms with Crippen LogP contribution in [0.2, 0.25) is 5.02 Å². The van der Waals surface area contributed by atoms with E-state index in [1.54, 1.807) is 55.6 Å². The summed E-state index contributed by atoms with van der Waals surface area (Å²) in [5.41, 5.74) is 1.04. The smallest absolute Gasteiger partial charge is 0.264 e. The van der Waals surface area contributed by atoms with Gasteiger partial charge in [-0.3, -0.25) is 13.9 Å². The lowest BCUT2D eigenvalue weighted by Gasteiger charge is -2.33. The summed E-state index contributed by atoms with van der Waals surface area (Å²) < 4.78 is 39.5. The van der Waals surface area contributed by atoms with Crippen LogP contribution in [-0.2, 0) is 26.2 Å². The molecular formula is C32H38ClN3O6S. The van der Waals surface area contributed by atoms with Crippen LogP contribution < -0.4 is 19.1 Å². The van der Waals surface area contributed by atoms with E-state index in [0.717, 1.165) is 35.6 Å². The minimum Gasteiger partial charge on any atom is -0.497 e. The fraction of sp³-hybridized carbons (Fsp3) is 0.375. The van der Waals surface area contributed by atoms with Crippen molar-refractivity contribution in [3.8, 4) is 11.5 Å². The quantitative estimate of drug-likeness (QED) is 0.271. The van der Waals surface area contributed by atoms with Gasteiger partial charge in [0.15, 0.2) is 0 Å². The highest BCUT2D eigenvalue weighted by Crippen LogP contribution is 2.28. The normalized spacial score (nSPS) is 14.1. The van der Waals surface area contributed by atoms with Gasteiger partial charge in [0.25, 0.3) is 10.0 Å². The first-order valence-electron chi connectivity index (χ1n) is 14.3. The fourth-order valence-corrected chi connectivity index (χ4v) is 6.77. The zero-order chi connectivity index (χ0) is 31.0. The molecule has 9 nitrogen and oxygen atoms in total. The lowest BCUT2D eigenvalue weighted by atomic mass is 10.1. The van der Waals surface area contributed by atoms with Crippen molar-refractivity contribution in [2.45, 2.75) is 62.6 Å². The molecule has 1 aliphatic carbocycles. The van der Waals surface area contributed by atoms with E-state index >= 15 is 0 Å². The standard InChI is InChI=1S/C32H38ClN3O6S/c1-4-30(32(38)34-25-7-5-6-8-25)35(21-23-9-15-27(41-2)16-10-23)31(37)22-36(26-13-11-24(33)12-14-26)43(39,40)29-19-17-28(42-3)18-20-29/h9-20,25,30H,4-8,21-22H2,1-3H3,(H,34,38)/t30-/m1/s1. The highest BCUT2D eigenvalue weighted by Gasteiger charge is 2.34. The SMILES string of the molecule is CC[C@H](C(=O)NC1CCCC1)N(Cc1ccc(OC)cc1)C(=O)CN(c1ccc(Cl)cc1)S(=O)(=O)c1ccc(OC)cc1. The Morgan fingerprint density at radius 2 is 1.47 bits per heavy atom. The highest BCUT2D eigenvalue weighted by atomic mass is 35.5. The van der Waals surface area contributed by atoms with Crippen LogP contribution in [0.25, 0.3) is 0 Å². The molecule has 4 rings (SSSR count). The number of carbonyl (C=O) groups is 2. The monoisotopic (exact) mass is 627 g/mol. The Morgan fingerprint density at radius 1 is 0.907 bits per heavy atom. The van der Waals surface area contributed by atoms with Crippen LogP contribution in [0.3, 0.4) is 0 Å². The van der Waals surface area contributed by atoms with E-state index in [4.69, 9.17) is 21.1 Å². The molecule has 1 saturated carbocycles. The molecule has 0 aliphatic heterocycles. The summed E-state index contributed by atoms with van der Waals surface area (Å²) in [5, 5.41) is 3.54. The summed E-state index contributed by atoms with van der Waals surface area (Å²) in [4.78, 5) is 29.2. The van der Waals surface area contributed by atoms with Gasteiger partial charge in [0.05, 0.1) is 24.8 Å². The number of anilines is 1. The minimum atomic E-state index is -4.20. The van der Waals surface area contributed by atoms with Gasteiger partial charge in [0.2, 0.25) is 11.8 Å². The first-order valence-corrected chi connectivity index (χ1v) is 16.1. The summed E-state index contributed by atoms with van der Waals surface area (Å²) in [6, 6.07) is 18.7. The topological polar surface area (TPSA) is 105 Å². The van der Waals surface area contributed by atoms with Crippen molar-refractivity contribution in [1.82, 2.24) is 10.2 Å². The maximum absolute atomic E-state index is 14.2. The fourth-order valence-electron chi connectivity index (χ4n) is 5.23. The number of hydrogen-bond donors (Lipinski definition) is 1. The van der Waals surface area contributed by atoms with Crippen LogP contribution >= 0.6 is 11.6 Å². The highest BCUT2D eigenvalue weighted by molar-refractivity contribution is 7.92. The van der Waals surface area contributed by atoms with Gasteiger partial charge in [-0.2, -0.15) is 0 Å². The van der Waals surface area contributed by atoms with Crippen molar-refractivity contribution in [3.05, 3.63) is 83.4 Å². The maximum Gasteiger partial charge on any atom is 0.264 e. The predicted molar refractivity (Wildman–Crippen MR) is 167 cm³/mol. The predicted octanol–water partition coefficient (Wildman–Crippen LogP) is 5.42. The Labute approximate surface area is 258 Å². The Bertz CT molecular complexity index is 1470. The largest absolute Gasteiger partial charge is 0.497 e. The molecule has 0 aromatic heterocycles. The van der Waals surface area contributed by atoms with Gasteiger partial charge >= 0.3 is 0 Å². The second-order valence-corrected chi connectivity index (χ2v) is 12.7. The van der Waals surface area contributed by atoms with Gasteiger partial charge in [-0.1, -0.05) is 43.5 Å². The van der Waals surface area contributed by atoms with Crippen molar-refractivity contribution < 1.29 is 27.5 Å². The molecule has 0 radical (unpaired) electrons. The second kappa shape index (κ2) is 14.6. The number of benzene rings is 3. The third-order valence-electron chi connectivity index (χ3n) is 7.64. The number of nitrogens with one attached hydrogen (secondary N) is 1. The molecule has 0 saturated heterocycles. The van der Waals surface area contributed by atoms with Crippen molar-refractivity contribution >= 4 is 39.1 Å². The third-order valence-corrected chi connectivity index (χ3v) is 9.68. The second-order valence-electron chi connectivity index (χ2n) is 10.4. The molecular weight excluding hydrogens is 590 g/mol. The van der Waals surface area contributed by atoms with Gasteiger partial charge < -0.3 is 19.7 Å². The molecule has 1 aliphatic rings. The minimum absolute atomic E-state index is 0.0104. The molecule has 230 valence electrons. The number of ether oxygens (including phenoxy) is 2. The van der Waals surface area contributed by atoms with Crippen LogP contribution in [-0.4, -0.2) is 58.0 Å². The van der Waals surface area contributed by atoms with E-state index in [2.05, 4.69) is 5.32 Å². The van der Waals surface area contributed by atoms with Crippen LogP contribution in [0.15, 0.2) is 77.7 Å². The van der Waals surface area contributed by atoms with E-state index in [0.29, 0.717) is 22.9 Å². The summed E-state index contributed by atoms with van der Waals surface area (Å²) in [6.45, 7) is 1.42. The summed E-state index contributed by atoms with van der Waals surface area (Å²) in [5.74, 6) is 0.397. The Kier molecular flexibility index (Phi) is 10.9. The molecule has 3 aromatic rings. The Balaban J connectivity index is 1.70. The Hall–Kier alpha value is -3.76. The zero-order valence-electron chi connectivity index (χ0n) is 24.7. The zero-order valence-corrected chi connectivity index (χ0v) is 26.2. The number of sulfonamides is 1. The third kappa shape index (κ3) is 8.00. The van der Waals surface area contributed by atoms with E-state index in [-0.39, 0.29) is 29.1 Å². The number of rotatable bonds is 13. The van der Waals surface area contributed by atoms with Crippen LogP contribution in [0.1, 0.15) is 44.6 Å². The van der Waals surface area contributed by atoms with Crippen molar-refractivity contribution in [2.75, 3.05) is 25.1 Å². The molecule has 2 amide bonds. The van der Waals surface area contributed by atoms with E-state index in [1.807, 2.05) is 19.1 Å². The van der Waals surface area contributed by atoms with Crippen LogP contribution in [0, 0.1) is 0 Å². The first kappa shape index (κ1) is 32.2. The molecule has 3 aromatic carbocycles. The van der Waals surface area contributed by atoms with Gasteiger partial charge in [0, 0.05) is 17.6 Å². The molecule has 1 atom stereocenters. The molecule has 1 fully saturated rings. The van der Waals surface area contributed by atoms with Crippen molar-refractivity contribution in [1.29, 1.82) is 0 Å². The summed E-state index contributed by atoms with van der Waals surface area (Å²) in [7, 11) is -1.14. The number of nitrogens with zero attached hydrogens (tertiary/aromatic N) is 2. The molecule has 0 heterocycles. The lowest BCUT2D eigenvalue weighted by Crippen LogP contribution is -2.53. The van der Waals surface area contributed by atoms with Crippen LogP contribution in [0.5, 0.6) is 11.5 Å². The van der Waals surface area contributed by atoms with E-state index in [9.17, 15) is 18.0 Å². The Morgan fingerprint density at radius 3 is 2.00 bits per heavy atom. The average Bonchev–Trinajstić information content (AvgIpc) is 3.53. The molecule has 0 bridgehead atoms. The maximum atomic E-state index is 14.2. The number of carbonyl (C=O) groups excluding carboxylic acids is 2. The van der Waals surface area contributed by atoms with Gasteiger partial charge in [-0.05, 0) is 85.5 Å². The molecule has 1 N–H and O–H groups in total. The van der Waals surface area contributed by atoms with Gasteiger partial charge in [-0.15, -0.1) is 0 Å². The van der Waals surface area contributed by atoms with E-state index < -0.39 is 28.5 Å². The molecule has 0 spiro atoms. The van der Waals surface area contributed by atoms with Crippen molar-refractivity contribution in [2.24, 2.45) is 0 Å². The molecule has 11 heteroatoms. The number of halogens is 1. The number of amides is 2. The molecule has 43 heavy (non-hydrogen) atoms. The summed E-state index contributed by atoms with van der Waals surface area (Å²) >= 11 is 6.10. The first-order chi connectivity index (χ1) is 20.7. The lowest BCUT2D eigenvalue weighted by molar-refractivity contribution is -0.140. The molecule has 0 unspecified atom stereocenters. The summed E-state index contributed by atoms with van der Waals surface area (Å²) in [6.07, 6.45) is 4.26. The van der Waals surface area contributed by atoms with Crippen molar-refractivity contribution in [3.63, 3.8) is 0 Å². The number of methoxy groups -OCH3 is 2.